The molecule has 2 aliphatic rings. The second-order valence-corrected chi connectivity index (χ2v) is 7.66. The third kappa shape index (κ3) is 4.09. The minimum Gasteiger partial charge on any atom is -0.479 e. The molecule has 5 rings (SSSR count). The number of rotatable bonds is 6. The summed E-state index contributed by atoms with van der Waals surface area (Å²) in [6, 6.07) is 9.18. The molecule has 12 heteroatoms. The van der Waals surface area contributed by atoms with Crippen molar-refractivity contribution >= 4 is 35.1 Å². The zero-order chi connectivity index (χ0) is 23.7. The van der Waals surface area contributed by atoms with Crippen LogP contribution in [0.15, 0.2) is 49.1 Å². The lowest BCUT2D eigenvalue weighted by Gasteiger charge is -2.19. The number of ether oxygens (including phenoxy) is 3. The Kier molecular flexibility index (Phi) is 5.92. The van der Waals surface area contributed by atoms with Gasteiger partial charge in [0.15, 0.2) is 35.6 Å². The zero-order valence-electron chi connectivity index (χ0n) is 18.1. The summed E-state index contributed by atoms with van der Waals surface area (Å²) >= 11 is 0. The van der Waals surface area contributed by atoms with Crippen LogP contribution in [0.4, 0.5) is 10.6 Å². The Morgan fingerprint density at radius 3 is 2.68 bits per heavy atom. The van der Waals surface area contributed by atoms with E-state index in [1.807, 2.05) is 36.4 Å². The van der Waals surface area contributed by atoms with E-state index in [-0.39, 0.29) is 5.82 Å². The smallest absolute Gasteiger partial charge is 0.335 e. The first kappa shape index (κ1) is 21.9. The van der Waals surface area contributed by atoms with E-state index in [1.165, 1.54) is 12.7 Å². The number of carboxylic acids is 1. The van der Waals surface area contributed by atoms with Gasteiger partial charge in [0.25, 0.3) is 0 Å². The summed E-state index contributed by atoms with van der Waals surface area (Å²) in [7, 11) is 0. The van der Waals surface area contributed by atoms with Crippen LogP contribution in [0.1, 0.15) is 18.7 Å². The molecular weight excluding hydrogens is 444 g/mol. The average molecular weight is 466 g/mol. The lowest BCUT2D eigenvalue weighted by atomic mass is 10.1. The van der Waals surface area contributed by atoms with Crippen molar-refractivity contribution in [2.24, 2.45) is 0 Å². The highest BCUT2D eigenvalue weighted by Crippen LogP contribution is 2.41. The number of nitrogens with zero attached hydrogens (tertiary/aromatic N) is 4. The number of fused-ring (bicyclic) bond motifs is 2. The van der Waals surface area contributed by atoms with Crippen LogP contribution in [-0.4, -0.2) is 67.8 Å². The van der Waals surface area contributed by atoms with Gasteiger partial charge in [0.05, 0.1) is 6.33 Å². The fourth-order valence-electron chi connectivity index (χ4n) is 3.98. The number of nitrogens with one attached hydrogen (secondary N) is 2. The number of aromatic nitrogens is 4. The topological polar surface area (TPSA) is 150 Å². The molecule has 2 aliphatic heterocycles. The van der Waals surface area contributed by atoms with Gasteiger partial charge < -0.3 is 24.6 Å². The third-order valence-corrected chi connectivity index (χ3v) is 5.46. The summed E-state index contributed by atoms with van der Waals surface area (Å²) in [6.07, 6.45) is 1.89. The maximum absolute atomic E-state index is 11.9. The number of urea groups is 1. The Balaban J connectivity index is 1.42. The van der Waals surface area contributed by atoms with Gasteiger partial charge in [0.1, 0.15) is 18.5 Å². The van der Waals surface area contributed by atoms with Crippen LogP contribution in [-0.2, 0) is 19.0 Å². The molecule has 3 aromatic rings. The summed E-state index contributed by atoms with van der Waals surface area (Å²) in [5, 5.41) is 14.9. The molecular formula is C22H22N6O6. The Labute approximate surface area is 193 Å². The van der Waals surface area contributed by atoms with Crippen LogP contribution >= 0.6 is 0 Å². The molecule has 4 heterocycles. The maximum Gasteiger partial charge on any atom is 0.335 e. The zero-order valence-corrected chi connectivity index (χ0v) is 18.1. The van der Waals surface area contributed by atoms with E-state index in [4.69, 9.17) is 14.2 Å². The van der Waals surface area contributed by atoms with Crippen molar-refractivity contribution in [1.29, 1.82) is 0 Å². The molecule has 5 atom stereocenters. The molecule has 0 bridgehead atoms. The molecule has 3 N–H and O–H groups in total. The van der Waals surface area contributed by atoms with Crippen molar-refractivity contribution < 1.29 is 28.9 Å². The lowest BCUT2D eigenvalue weighted by Crippen LogP contribution is -2.34. The number of hydrogen-bond acceptors (Lipinski definition) is 8. The second kappa shape index (κ2) is 9.17. The number of imidazole rings is 1. The molecule has 2 aromatic heterocycles. The largest absolute Gasteiger partial charge is 0.479 e. The Bertz CT molecular complexity index is 1230. The monoisotopic (exact) mass is 466 g/mol. The van der Waals surface area contributed by atoms with Crippen LogP contribution < -0.4 is 10.6 Å². The number of hydrogen-bond donors (Lipinski definition) is 3. The van der Waals surface area contributed by atoms with Gasteiger partial charge in [-0.2, -0.15) is 0 Å². The predicted molar refractivity (Wildman–Crippen MR) is 119 cm³/mol. The van der Waals surface area contributed by atoms with Gasteiger partial charge in [0.2, 0.25) is 0 Å². The molecule has 3 unspecified atom stereocenters. The Morgan fingerprint density at radius 1 is 1.12 bits per heavy atom. The molecule has 34 heavy (non-hydrogen) atoms. The molecule has 1 aromatic carbocycles. The Morgan fingerprint density at radius 2 is 1.91 bits per heavy atom. The summed E-state index contributed by atoms with van der Waals surface area (Å²) in [5.41, 5.74) is 1.63. The standard InChI is InChI=1S/C22H22N6O6/c1-2-23-22(31)27-18-14-19(25-10-24-18)28(11-26-14)20-16-15(17(34-20)21(29)30)32-13(33-16)9-8-12-6-4-3-5-7-12/h3-11,13,15-17,20H,2H2,1H3,(H,29,30)(H2,23,24,25,27,31)/t13-,15+,16?,17?,20?/m1/s1. The van der Waals surface area contributed by atoms with E-state index < -0.39 is 42.8 Å². The second-order valence-electron chi connectivity index (χ2n) is 7.66. The van der Waals surface area contributed by atoms with E-state index >= 15 is 0 Å². The summed E-state index contributed by atoms with van der Waals surface area (Å²) in [6.45, 7) is 2.24. The third-order valence-electron chi connectivity index (χ3n) is 5.46. The van der Waals surface area contributed by atoms with Crippen molar-refractivity contribution in [2.75, 3.05) is 11.9 Å². The number of benzene rings is 1. The van der Waals surface area contributed by atoms with Crippen molar-refractivity contribution in [2.45, 2.75) is 37.8 Å². The van der Waals surface area contributed by atoms with Crippen molar-refractivity contribution in [3.05, 3.63) is 54.6 Å². The molecule has 12 nitrogen and oxygen atoms in total. The minimum atomic E-state index is -1.24. The molecule has 2 amide bonds. The molecule has 0 radical (unpaired) electrons. The fraction of sp³-hybridized carbons (Fsp3) is 0.318. The van der Waals surface area contributed by atoms with Crippen LogP contribution in [0, 0.1) is 0 Å². The molecule has 0 saturated carbocycles. The van der Waals surface area contributed by atoms with Crippen LogP contribution in [0.2, 0.25) is 0 Å². The van der Waals surface area contributed by atoms with Gasteiger partial charge in [-0.25, -0.2) is 24.5 Å². The number of carboxylic acid groups (broad SMARTS) is 1. The predicted octanol–water partition coefficient (Wildman–Crippen LogP) is 1.77. The van der Waals surface area contributed by atoms with E-state index in [1.54, 1.807) is 17.6 Å². The minimum absolute atomic E-state index is 0.214. The lowest BCUT2D eigenvalue weighted by molar-refractivity contribution is -0.166. The van der Waals surface area contributed by atoms with E-state index in [2.05, 4.69) is 25.6 Å². The summed E-state index contributed by atoms with van der Waals surface area (Å²) in [4.78, 5) is 36.5. The Hall–Kier alpha value is -3.87. The van der Waals surface area contributed by atoms with Crippen molar-refractivity contribution in [1.82, 2.24) is 24.8 Å². The van der Waals surface area contributed by atoms with E-state index in [0.29, 0.717) is 17.7 Å². The molecule has 0 spiro atoms. The highest BCUT2D eigenvalue weighted by atomic mass is 16.8. The number of anilines is 1. The summed E-state index contributed by atoms with van der Waals surface area (Å²) in [5.74, 6) is -0.947. The highest BCUT2D eigenvalue weighted by Gasteiger charge is 2.56. The van der Waals surface area contributed by atoms with E-state index in [9.17, 15) is 14.7 Å². The molecule has 2 saturated heterocycles. The summed E-state index contributed by atoms with van der Waals surface area (Å²) < 4.78 is 19.3. The average Bonchev–Trinajstić information content (AvgIpc) is 3.52. The van der Waals surface area contributed by atoms with Crippen LogP contribution in [0.3, 0.4) is 0 Å². The highest BCUT2D eigenvalue weighted by molar-refractivity contribution is 5.95. The molecule has 0 aliphatic carbocycles. The van der Waals surface area contributed by atoms with Gasteiger partial charge in [-0.3, -0.25) is 9.88 Å². The first-order chi connectivity index (χ1) is 16.5. The maximum atomic E-state index is 11.9. The van der Waals surface area contributed by atoms with Gasteiger partial charge in [-0.05, 0) is 18.6 Å². The van der Waals surface area contributed by atoms with Gasteiger partial charge in [-0.1, -0.05) is 36.4 Å². The van der Waals surface area contributed by atoms with Crippen LogP contribution in [0.5, 0.6) is 0 Å². The molecule has 2 fully saturated rings. The molecule has 176 valence electrons. The van der Waals surface area contributed by atoms with Crippen molar-refractivity contribution in [3.63, 3.8) is 0 Å². The van der Waals surface area contributed by atoms with Crippen LogP contribution in [0.25, 0.3) is 17.2 Å². The first-order valence-electron chi connectivity index (χ1n) is 10.7. The number of carbonyl (C=O) groups excluding carboxylic acids is 1. The van der Waals surface area contributed by atoms with Gasteiger partial charge in [-0.15, -0.1) is 0 Å². The number of aliphatic carboxylic acids is 1. The first-order valence-corrected chi connectivity index (χ1v) is 10.7. The normalized spacial score (nSPS) is 26.1. The number of carbonyl (C=O) groups is 2. The SMILES string of the molecule is CCNC(=O)Nc1ncnc2c1ncn2C1OC(C(=O)O)[C@H]2O[C@@H](C=Cc3ccccc3)OC12. The van der Waals surface area contributed by atoms with Gasteiger partial charge in [0, 0.05) is 6.54 Å². The van der Waals surface area contributed by atoms with Crippen molar-refractivity contribution in [3.8, 4) is 0 Å². The fourth-order valence-corrected chi connectivity index (χ4v) is 3.98. The quantitative estimate of drug-likeness (QED) is 0.494. The van der Waals surface area contributed by atoms with E-state index in [0.717, 1.165) is 5.56 Å². The number of amides is 2. The van der Waals surface area contributed by atoms with Gasteiger partial charge >= 0.3 is 12.0 Å².